The fraction of sp³-hybridized carbons (Fsp3) is 0.571. The van der Waals surface area contributed by atoms with E-state index in [-0.39, 0.29) is 0 Å². The van der Waals surface area contributed by atoms with Crippen molar-refractivity contribution in [2.45, 2.75) is 45.1 Å². The SMILES string of the molecule is CCO/C=C/C(=O)C(=O)/C=C\NC1CCCCC1. The molecule has 0 aliphatic heterocycles. The molecule has 1 rings (SSSR count). The average molecular weight is 251 g/mol. The zero-order valence-electron chi connectivity index (χ0n) is 10.9. The maximum Gasteiger partial charge on any atom is 0.228 e. The summed E-state index contributed by atoms with van der Waals surface area (Å²) in [6.07, 6.45) is 11.3. The molecular weight excluding hydrogens is 230 g/mol. The number of rotatable bonds is 7. The molecule has 18 heavy (non-hydrogen) atoms. The molecule has 4 nitrogen and oxygen atoms in total. The molecule has 0 aromatic heterocycles. The predicted molar refractivity (Wildman–Crippen MR) is 69.9 cm³/mol. The molecule has 0 atom stereocenters. The van der Waals surface area contributed by atoms with Crippen LogP contribution in [0.25, 0.3) is 0 Å². The molecule has 100 valence electrons. The highest BCUT2D eigenvalue weighted by molar-refractivity contribution is 6.45. The zero-order chi connectivity index (χ0) is 13.2. The van der Waals surface area contributed by atoms with Crippen molar-refractivity contribution in [3.8, 4) is 0 Å². The van der Waals surface area contributed by atoms with E-state index in [1.165, 1.54) is 31.6 Å². The number of carbonyl (C=O) groups is 2. The Morgan fingerprint density at radius 1 is 1.17 bits per heavy atom. The van der Waals surface area contributed by atoms with E-state index >= 15 is 0 Å². The number of ether oxygens (including phenoxy) is 1. The van der Waals surface area contributed by atoms with Gasteiger partial charge in [0.05, 0.1) is 12.9 Å². The van der Waals surface area contributed by atoms with Crippen LogP contribution in [-0.4, -0.2) is 24.2 Å². The molecule has 4 heteroatoms. The minimum Gasteiger partial charge on any atom is -0.501 e. The van der Waals surface area contributed by atoms with Crippen molar-refractivity contribution in [3.05, 3.63) is 24.6 Å². The van der Waals surface area contributed by atoms with Crippen LogP contribution in [-0.2, 0) is 14.3 Å². The Bertz CT molecular complexity index is 328. The van der Waals surface area contributed by atoms with Gasteiger partial charge in [-0.25, -0.2) is 0 Å². The normalized spacial score (nSPS) is 17.2. The summed E-state index contributed by atoms with van der Waals surface area (Å²) in [4.78, 5) is 22.7. The Labute approximate surface area is 108 Å². The van der Waals surface area contributed by atoms with Gasteiger partial charge < -0.3 is 10.1 Å². The van der Waals surface area contributed by atoms with Crippen LogP contribution >= 0.6 is 0 Å². The van der Waals surface area contributed by atoms with Gasteiger partial charge in [0.1, 0.15) is 0 Å². The zero-order valence-corrected chi connectivity index (χ0v) is 10.9. The second-order valence-electron chi connectivity index (χ2n) is 4.32. The lowest BCUT2D eigenvalue weighted by Gasteiger charge is -2.21. The summed E-state index contributed by atoms with van der Waals surface area (Å²) in [5.41, 5.74) is 0. The van der Waals surface area contributed by atoms with Gasteiger partial charge in [0.15, 0.2) is 0 Å². The monoisotopic (exact) mass is 251 g/mol. The van der Waals surface area contributed by atoms with Gasteiger partial charge in [-0.2, -0.15) is 0 Å². The van der Waals surface area contributed by atoms with Crippen molar-refractivity contribution < 1.29 is 14.3 Å². The molecule has 0 radical (unpaired) electrons. The third kappa shape index (κ3) is 5.66. The maximum atomic E-state index is 11.4. The molecule has 1 aliphatic rings. The summed E-state index contributed by atoms with van der Waals surface area (Å²) in [5.74, 6) is -1.10. The van der Waals surface area contributed by atoms with E-state index in [4.69, 9.17) is 4.74 Å². The molecule has 1 fully saturated rings. The number of nitrogens with one attached hydrogen (secondary N) is 1. The first-order valence-corrected chi connectivity index (χ1v) is 6.53. The van der Waals surface area contributed by atoms with Crippen molar-refractivity contribution in [2.24, 2.45) is 0 Å². The Morgan fingerprint density at radius 3 is 2.50 bits per heavy atom. The van der Waals surface area contributed by atoms with E-state index in [0.717, 1.165) is 18.9 Å². The second-order valence-corrected chi connectivity index (χ2v) is 4.32. The van der Waals surface area contributed by atoms with Crippen LogP contribution in [0.4, 0.5) is 0 Å². The first-order valence-electron chi connectivity index (χ1n) is 6.53. The first kappa shape index (κ1) is 14.5. The third-order valence-corrected chi connectivity index (χ3v) is 2.90. The molecule has 0 bridgehead atoms. The van der Waals surface area contributed by atoms with Crippen LogP contribution in [0, 0.1) is 0 Å². The van der Waals surface area contributed by atoms with E-state index < -0.39 is 11.6 Å². The van der Waals surface area contributed by atoms with Crippen molar-refractivity contribution in [1.82, 2.24) is 5.32 Å². The molecular formula is C14H21NO3. The number of carbonyl (C=O) groups excluding carboxylic acids is 2. The van der Waals surface area contributed by atoms with Crippen LogP contribution in [0.5, 0.6) is 0 Å². The quantitative estimate of drug-likeness (QED) is 0.428. The molecule has 0 heterocycles. The van der Waals surface area contributed by atoms with Gasteiger partial charge in [-0.05, 0) is 19.8 Å². The van der Waals surface area contributed by atoms with Gasteiger partial charge in [0.2, 0.25) is 11.6 Å². The summed E-state index contributed by atoms with van der Waals surface area (Å²) >= 11 is 0. The smallest absolute Gasteiger partial charge is 0.228 e. The highest BCUT2D eigenvalue weighted by Crippen LogP contribution is 2.17. The molecule has 1 saturated carbocycles. The Kier molecular flexibility index (Phi) is 6.84. The van der Waals surface area contributed by atoms with Crippen molar-refractivity contribution in [2.75, 3.05) is 6.61 Å². The summed E-state index contributed by atoms with van der Waals surface area (Å²) in [5, 5.41) is 3.17. The van der Waals surface area contributed by atoms with Crippen molar-refractivity contribution in [3.63, 3.8) is 0 Å². The van der Waals surface area contributed by atoms with Crippen molar-refractivity contribution >= 4 is 11.6 Å². The number of ketones is 2. The van der Waals surface area contributed by atoms with E-state index in [1.807, 2.05) is 6.92 Å². The standard InChI is InChI=1S/C14H21NO3/c1-2-18-11-9-14(17)13(16)8-10-15-12-6-4-3-5-7-12/h8-12,15H,2-7H2,1H3/b10-8-,11-9+. The highest BCUT2D eigenvalue weighted by Gasteiger charge is 2.11. The van der Waals surface area contributed by atoms with Crippen LogP contribution in [0.1, 0.15) is 39.0 Å². The fourth-order valence-electron chi connectivity index (χ4n) is 1.90. The van der Waals surface area contributed by atoms with Gasteiger partial charge in [0, 0.05) is 24.4 Å². The van der Waals surface area contributed by atoms with Crippen LogP contribution < -0.4 is 5.32 Å². The first-order chi connectivity index (χ1) is 8.74. The van der Waals surface area contributed by atoms with Crippen molar-refractivity contribution in [1.29, 1.82) is 0 Å². The van der Waals surface area contributed by atoms with Crippen LogP contribution in [0.15, 0.2) is 24.6 Å². The molecule has 1 N–H and O–H groups in total. The lowest BCUT2D eigenvalue weighted by molar-refractivity contribution is -0.131. The second kappa shape index (κ2) is 8.50. The van der Waals surface area contributed by atoms with Gasteiger partial charge in [-0.1, -0.05) is 19.3 Å². The largest absolute Gasteiger partial charge is 0.501 e. The van der Waals surface area contributed by atoms with Gasteiger partial charge >= 0.3 is 0 Å². The summed E-state index contributed by atoms with van der Waals surface area (Å²) < 4.78 is 4.86. The molecule has 0 spiro atoms. The molecule has 0 aromatic carbocycles. The average Bonchev–Trinajstić information content (AvgIpc) is 2.40. The molecule has 0 saturated heterocycles. The van der Waals surface area contributed by atoms with E-state index in [2.05, 4.69) is 5.32 Å². The van der Waals surface area contributed by atoms with E-state index in [9.17, 15) is 9.59 Å². The number of hydrogen-bond acceptors (Lipinski definition) is 4. The lowest BCUT2D eigenvalue weighted by atomic mass is 9.96. The van der Waals surface area contributed by atoms with Gasteiger partial charge in [0.25, 0.3) is 0 Å². The third-order valence-electron chi connectivity index (χ3n) is 2.90. The molecule has 0 amide bonds. The summed E-state index contributed by atoms with van der Waals surface area (Å²) in [6.45, 7) is 2.29. The lowest BCUT2D eigenvalue weighted by Crippen LogP contribution is -2.26. The fourth-order valence-corrected chi connectivity index (χ4v) is 1.90. The number of hydrogen-bond donors (Lipinski definition) is 1. The minimum atomic E-state index is -0.565. The molecule has 0 aromatic rings. The molecule has 1 aliphatic carbocycles. The topological polar surface area (TPSA) is 55.4 Å². The van der Waals surface area contributed by atoms with E-state index in [0.29, 0.717) is 12.6 Å². The summed E-state index contributed by atoms with van der Waals surface area (Å²) in [6, 6.07) is 0.442. The predicted octanol–water partition coefficient (Wildman–Crippen LogP) is 2.11. The summed E-state index contributed by atoms with van der Waals surface area (Å²) in [7, 11) is 0. The van der Waals surface area contributed by atoms with Gasteiger partial charge in [-0.15, -0.1) is 0 Å². The Morgan fingerprint density at radius 2 is 1.83 bits per heavy atom. The minimum absolute atomic E-state index is 0.442. The highest BCUT2D eigenvalue weighted by atomic mass is 16.5. The van der Waals surface area contributed by atoms with Crippen LogP contribution in [0.3, 0.4) is 0 Å². The molecule has 0 unspecified atom stereocenters. The number of allylic oxidation sites excluding steroid dienone is 2. The van der Waals surface area contributed by atoms with E-state index in [1.54, 1.807) is 6.20 Å². The maximum absolute atomic E-state index is 11.4. The Balaban J connectivity index is 2.27. The van der Waals surface area contributed by atoms with Crippen LogP contribution in [0.2, 0.25) is 0 Å². The Hall–Kier alpha value is -1.58. The van der Waals surface area contributed by atoms with Gasteiger partial charge in [-0.3, -0.25) is 9.59 Å².